The van der Waals surface area contributed by atoms with Crippen molar-refractivity contribution >= 4 is 51.6 Å². The van der Waals surface area contributed by atoms with Crippen LogP contribution in [-0.4, -0.2) is 40.6 Å². The molecule has 2 aliphatic rings. The molecule has 2 aromatic carbocycles. The van der Waals surface area contributed by atoms with Crippen LogP contribution in [0.1, 0.15) is 24.0 Å². The molecule has 1 nitrogen and oxygen atoms in total. The minimum absolute atomic E-state index is 0.400. The quantitative estimate of drug-likeness (QED) is 0.316. The molecule has 0 aliphatic carbocycles. The van der Waals surface area contributed by atoms with E-state index in [1.165, 1.54) is 29.7 Å². The lowest BCUT2D eigenvalue weighted by Crippen LogP contribution is -2.80. The van der Waals surface area contributed by atoms with Gasteiger partial charge in [0, 0.05) is 43.1 Å². The van der Waals surface area contributed by atoms with E-state index >= 15 is 0 Å². The maximum atomic E-state index is 7.94. The Bertz CT molecular complexity index is 1070. The molecule has 0 bridgehead atoms. The highest BCUT2D eigenvalue weighted by Gasteiger charge is 2.87. The van der Waals surface area contributed by atoms with Crippen LogP contribution in [0.15, 0.2) is 60.7 Å². The highest BCUT2D eigenvalue weighted by Crippen LogP contribution is 2.82. The Morgan fingerprint density at radius 3 is 1.19 bits per heavy atom. The monoisotopic (exact) mass is 566 g/mol. The molecule has 1 fully saturated rings. The van der Waals surface area contributed by atoms with E-state index in [0.29, 0.717) is 8.57 Å². The zero-order valence-electron chi connectivity index (χ0n) is 25.1. The van der Waals surface area contributed by atoms with Crippen LogP contribution in [-0.2, 0) is 4.43 Å². The minimum atomic E-state index is -2.47. The Balaban J connectivity index is 2.26. The molecule has 4 rings (SSSR count). The summed E-state index contributed by atoms with van der Waals surface area (Å²) < 4.78 is 8.74. The molecule has 0 aromatic heterocycles. The summed E-state index contributed by atoms with van der Waals surface area (Å²) in [5.74, 6) is 1.22. The molecule has 0 N–H and O–H groups in total. The molecule has 0 radical (unpaired) electrons. The van der Waals surface area contributed by atoms with Crippen LogP contribution in [0.2, 0.25) is 87.1 Å². The van der Waals surface area contributed by atoms with E-state index in [-0.39, 0.29) is 0 Å². The average Bonchev–Trinajstić information content (AvgIpc) is 3.09. The van der Waals surface area contributed by atoms with Gasteiger partial charge in [-0.05, 0) is 14.1 Å². The Labute approximate surface area is 226 Å². The molecule has 6 heteroatoms. The van der Waals surface area contributed by atoms with Gasteiger partial charge in [-0.3, -0.25) is 0 Å². The number of rotatable bonds is 6. The molecule has 0 saturated carbocycles. The van der Waals surface area contributed by atoms with Crippen molar-refractivity contribution in [3.63, 3.8) is 0 Å². The fourth-order valence-electron chi connectivity index (χ4n) is 9.66. The van der Waals surface area contributed by atoms with Crippen LogP contribution in [0.3, 0.4) is 0 Å². The van der Waals surface area contributed by atoms with Gasteiger partial charge >= 0.3 is 0 Å². The third kappa shape index (κ3) is 3.46. The van der Waals surface area contributed by atoms with E-state index in [1.54, 1.807) is 5.20 Å². The van der Waals surface area contributed by atoms with Gasteiger partial charge in [-0.25, -0.2) is 0 Å². The maximum absolute atomic E-state index is 7.94. The zero-order valence-corrected chi connectivity index (χ0v) is 30.1. The van der Waals surface area contributed by atoms with Gasteiger partial charge in [0.25, 0.3) is 8.32 Å². The fourth-order valence-corrected chi connectivity index (χ4v) is 58.7. The molecule has 36 heavy (non-hydrogen) atoms. The van der Waals surface area contributed by atoms with Crippen molar-refractivity contribution in [2.45, 2.75) is 100.0 Å². The van der Waals surface area contributed by atoms with Crippen molar-refractivity contribution in [2.75, 3.05) is 0 Å². The van der Waals surface area contributed by atoms with E-state index in [4.69, 9.17) is 4.43 Å². The van der Waals surface area contributed by atoms with Gasteiger partial charge in [-0.1, -0.05) is 152 Å². The Morgan fingerprint density at radius 2 is 0.861 bits per heavy atom. The van der Waals surface area contributed by atoms with E-state index in [2.05, 4.69) is 139 Å². The molecule has 0 atom stereocenters. The molecule has 1 spiro atoms. The summed E-state index contributed by atoms with van der Waals surface area (Å²) >= 11 is 0. The first kappa shape index (κ1) is 28.1. The van der Waals surface area contributed by atoms with Crippen molar-refractivity contribution < 1.29 is 4.43 Å². The third-order valence-electron chi connectivity index (χ3n) is 10.1. The summed E-state index contributed by atoms with van der Waals surface area (Å²) in [4.78, 5) is 0. The van der Waals surface area contributed by atoms with Gasteiger partial charge in [-0.2, -0.15) is 0 Å². The van der Waals surface area contributed by atoms with E-state index in [0.717, 1.165) is 0 Å². The van der Waals surface area contributed by atoms with Gasteiger partial charge in [0.05, 0.1) is 0 Å². The number of hydrogen-bond acceptors (Lipinski definition) is 1. The minimum Gasteiger partial charge on any atom is -0.538 e. The van der Waals surface area contributed by atoms with Crippen molar-refractivity contribution in [1.29, 1.82) is 0 Å². The van der Waals surface area contributed by atoms with Gasteiger partial charge in [-0.15, -0.1) is 0 Å². The Morgan fingerprint density at radius 1 is 0.528 bits per heavy atom. The molecule has 0 unspecified atom stereocenters. The Kier molecular flexibility index (Phi) is 6.66. The predicted octanol–water partition coefficient (Wildman–Crippen LogP) is 9.85. The first-order chi connectivity index (χ1) is 16.4. The molecule has 1 saturated heterocycles. The van der Waals surface area contributed by atoms with E-state index in [1.807, 2.05) is 0 Å². The third-order valence-corrected chi connectivity index (χ3v) is 48.2. The van der Waals surface area contributed by atoms with Gasteiger partial charge in [0.2, 0.25) is 0 Å². The highest BCUT2D eigenvalue weighted by atomic mass is 28.5. The second kappa shape index (κ2) is 8.53. The van der Waals surface area contributed by atoms with Gasteiger partial charge < -0.3 is 4.43 Å². The largest absolute Gasteiger partial charge is 0.538 e. The SMILES string of the molecule is C[Si](C)(C)C1([Si](C)(C)C)CCC([Si](C)(C)C)([Si](C)(C)C)[Si]12OC(c1ccccc1)=C2c1ccccc1. The summed E-state index contributed by atoms with van der Waals surface area (Å²) in [7, 11) is -9.10. The fraction of sp³-hybridized carbons (Fsp3) is 0.533. The second-order valence-corrected chi connectivity index (χ2v) is 43.7. The first-order valence-corrected chi connectivity index (χ1v) is 29.8. The Hall–Kier alpha value is -0.936. The zero-order chi connectivity index (χ0) is 27.0. The molecular weight excluding hydrogens is 517 g/mol. The molecule has 2 aromatic rings. The summed E-state index contributed by atoms with van der Waals surface area (Å²) in [6.45, 7) is 32.5. The van der Waals surface area contributed by atoms with Crippen LogP contribution < -0.4 is 0 Å². The van der Waals surface area contributed by atoms with Crippen LogP contribution >= 0.6 is 0 Å². The van der Waals surface area contributed by atoms with E-state index in [9.17, 15) is 0 Å². The maximum Gasteiger partial charge on any atom is 0.288 e. The lowest BCUT2D eigenvalue weighted by atomic mass is 10.1. The van der Waals surface area contributed by atoms with Crippen molar-refractivity contribution in [2.24, 2.45) is 0 Å². The summed E-state index contributed by atoms with van der Waals surface area (Å²) in [6.07, 6.45) is 2.80. The second-order valence-electron chi connectivity index (χ2n) is 15.5. The van der Waals surface area contributed by atoms with Crippen LogP contribution in [0, 0.1) is 0 Å². The lowest BCUT2D eigenvalue weighted by Gasteiger charge is -2.69. The lowest BCUT2D eigenvalue weighted by molar-refractivity contribution is 0.465. The smallest absolute Gasteiger partial charge is 0.288 e. The van der Waals surface area contributed by atoms with Crippen LogP contribution in [0.25, 0.3) is 11.0 Å². The van der Waals surface area contributed by atoms with Gasteiger partial charge in [0.1, 0.15) is 5.76 Å². The topological polar surface area (TPSA) is 9.23 Å². The standard InChI is InChI=1S/C30H50OSi5/c1-32(2,3)29(33(4,5)6)23-24-30(34(7,8)9,35(10,11)12)36(29)28(26-21-17-14-18-22-26)27(31-36)25-19-15-13-16-20-25/h13-22H,23-24H2,1-12H3. The van der Waals surface area contributed by atoms with E-state index < -0.39 is 40.6 Å². The first-order valence-electron chi connectivity index (χ1n) is 13.9. The summed E-state index contributed by atoms with van der Waals surface area (Å²) in [6, 6.07) is 22.6. The van der Waals surface area contributed by atoms with Gasteiger partial charge in [0.15, 0.2) is 0 Å². The molecule has 2 aliphatic heterocycles. The van der Waals surface area contributed by atoms with Crippen molar-refractivity contribution in [3.05, 3.63) is 71.8 Å². The normalized spacial score (nSPS) is 21.3. The molecule has 0 amide bonds. The predicted molar refractivity (Wildman–Crippen MR) is 175 cm³/mol. The molecule has 2 heterocycles. The van der Waals surface area contributed by atoms with Crippen molar-refractivity contribution in [3.8, 4) is 0 Å². The van der Waals surface area contributed by atoms with Crippen LogP contribution in [0.4, 0.5) is 0 Å². The van der Waals surface area contributed by atoms with Crippen LogP contribution in [0.5, 0.6) is 0 Å². The average molecular weight is 567 g/mol. The summed E-state index contributed by atoms with van der Waals surface area (Å²) in [5, 5.41) is 1.70. The van der Waals surface area contributed by atoms with Crippen molar-refractivity contribution in [1.82, 2.24) is 0 Å². The highest BCUT2D eigenvalue weighted by molar-refractivity contribution is 7.31. The molecule has 196 valence electrons. The number of hydrogen-bond donors (Lipinski definition) is 0. The number of benzene rings is 2. The molecular formula is C30H50OSi5. The summed E-state index contributed by atoms with van der Waals surface area (Å²) in [5.41, 5.74) is 2.74.